The molecular formula is C16H25FN2O. The Hall–Kier alpha value is -1.13. The topological polar surface area (TPSA) is 38.5 Å². The predicted molar refractivity (Wildman–Crippen MR) is 79.3 cm³/mol. The molecule has 2 rings (SSSR count). The van der Waals surface area contributed by atoms with Crippen LogP contribution in [-0.2, 0) is 6.54 Å². The zero-order chi connectivity index (χ0) is 14.4. The molecule has 2 N–H and O–H groups in total. The largest absolute Gasteiger partial charge is 0.494 e. The minimum Gasteiger partial charge on any atom is -0.494 e. The monoisotopic (exact) mass is 280 g/mol. The lowest BCUT2D eigenvalue weighted by molar-refractivity contribution is 0.188. The third-order valence-corrected chi connectivity index (χ3v) is 4.09. The Bertz CT molecular complexity index is 419. The molecular weight excluding hydrogens is 255 g/mol. The summed E-state index contributed by atoms with van der Waals surface area (Å²) in [7, 11) is 1.49. The van der Waals surface area contributed by atoms with Gasteiger partial charge < -0.3 is 10.5 Å². The highest BCUT2D eigenvalue weighted by molar-refractivity contribution is 5.29. The van der Waals surface area contributed by atoms with Crippen molar-refractivity contribution in [3.8, 4) is 5.75 Å². The van der Waals surface area contributed by atoms with Gasteiger partial charge in [-0.2, -0.15) is 0 Å². The van der Waals surface area contributed by atoms with E-state index in [9.17, 15) is 4.39 Å². The van der Waals surface area contributed by atoms with Crippen molar-refractivity contribution in [2.45, 2.75) is 44.7 Å². The fraction of sp³-hybridized carbons (Fsp3) is 0.625. The van der Waals surface area contributed by atoms with Gasteiger partial charge in [0.05, 0.1) is 7.11 Å². The van der Waals surface area contributed by atoms with E-state index in [0.29, 0.717) is 18.3 Å². The van der Waals surface area contributed by atoms with Crippen molar-refractivity contribution in [2.24, 2.45) is 5.73 Å². The molecule has 1 aliphatic rings. The number of nitrogens with zero attached hydrogens (tertiary/aromatic N) is 1. The molecule has 1 aromatic carbocycles. The minimum atomic E-state index is -0.282. The number of methoxy groups -OCH3 is 1. The molecule has 0 bridgehead atoms. The molecule has 0 atom stereocenters. The van der Waals surface area contributed by atoms with E-state index >= 15 is 0 Å². The van der Waals surface area contributed by atoms with Crippen LogP contribution in [0, 0.1) is 5.82 Å². The van der Waals surface area contributed by atoms with Gasteiger partial charge in [0.25, 0.3) is 0 Å². The number of ether oxygens (including phenoxy) is 1. The van der Waals surface area contributed by atoms with Crippen LogP contribution in [0.25, 0.3) is 0 Å². The fourth-order valence-electron chi connectivity index (χ4n) is 3.00. The molecule has 0 aliphatic heterocycles. The van der Waals surface area contributed by atoms with E-state index in [-0.39, 0.29) is 5.82 Å². The second-order valence-electron chi connectivity index (χ2n) is 5.52. The van der Waals surface area contributed by atoms with Gasteiger partial charge in [0.2, 0.25) is 0 Å². The summed E-state index contributed by atoms with van der Waals surface area (Å²) in [5, 5.41) is 0. The number of hydrogen-bond acceptors (Lipinski definition) is 3. The van der Waals surface area contributed by atoms with Gasteiger partial charge in [0.15, 0.2) is 11.6 Å². The quantitative estimate of drug-likeness (QED) is 0.834. The Morgan fingerprint density at radius 2 is 2.10 bits per heavy atom. The highest BCUT2D eigenvalue weighted by Gasteiger charge is 2.22. The molecule has 0 aromatic heterocycles. The van der Waals surface area contributed by atoms with Crippen molar-refractivity contribution in [2.75, 3.05) is 20.2 Å². The van der Waals surface area contributed by atoms with Crippen LogP contribution in [0.4, 0.5) is 4.39 Å². The van der Waals surface area contributed by atoms with Crippen molar-refractivity contribution < 1.29 is 9.13 Å². The summed E-state index contributed by atoms with van der Waals surface area (Å²) in [6.45, 7) is 2.50. The lowest BCUT2D eigenvalue weighted by Gasteiger charge is -2.28. The molecule has 1 fully saturated rings. The van der Waals surface area contributed by atoms with Crippen molar-refractivity contribution >= 4 is 0 Å². The van der Waals surface area contributed by atoms with E-state index in [1.54, 1.807) is 12.1 Å². The van der Waals surface area contributed by atoms with Gasteiger partial charge in [0.1, 0.15) is 0 Å². The summed E-state index contributed by atoms with van der Waals surface area (Å²) in [4.78, 5) is 2.46. The Labute approximate surface area is 120 Å². The zero-order valence-electron chi connectivity index (χ0n) is 12.3. The number of nitrogens with two attached hydrogens (primary N) is 1. The summed E-state index contributed by atoms with van der Waals surface area (Å²) in [5.74, 6) is 0.0262. The average molecular weight is 280 g/mol. The molecule has 4 heteroatoms. The summed E-state index contributed by atoms with van der Waals surface area (Å²) < 4.78 is 18.7. The van der Waals surface area contributed by atoms with Crippen LogP contribution in [0.3, 0.4) is 0 Å². The van der Waals surface area contributed by atoms with Gasteiger partial charge in [0, 0.05) is 12.6 Å². The Morgan fingerprint density at radius 1 is 1.35 bits per heavy atom. The second-order valence-corrected chi connectivity index (χ2v) is 5.52. The molecule has 1 aromatic rings. The van der Waals surface area contributed by atoms with Gasteiger partial charge in [-0.25, -0.2) is 4.39 Å². The normalized spacial score (nSPS) is 16.0. The van der Waals surface area contributed by atoms with Gasteiger partial charge in [-0.1, -0.05) is 18.9 Å². The first-order valence-electron chi connectivity index (χ1n) is 7.51. The molecule has 0 radical (unpaired) electrons. The third-order valence-electron chi connectivity index (χ3n) is 4.09. The van der Waals surface area contributed by atoms with Crippen molar-refractivity contribution in [3.05, 3.63) is 29.6 Å². The lowest BCUT2D eigenvalue weighted by atomic mass is 10.1. The smallest absolute Gasteiger partial charge is 0.165 e. The van der Waals surface area contributed by atoms with E-state index in [2.05, 4.69) is 4.90 Å². The molecule has 0 heterocycles. The van der Waals surface area contributed by atoms with E-state index in [1.165, 1.54) is 32.8 Å². The van der Waals surface area contributed by atoms with Crippen molar-refractivity contribution in [1.29, 1.82) is 0 Å². The van der Waals surface area contributed by atoms with E-state index < -0.39 is 0 Å². The van der Waals surface area contributed by atoms with Crippen LogP contribution in [-0.4, -0.2) is 31.1 Å². The Morgan fingerprint density at radius 3 is 2.70 bits per heavy atom. The lowest BCUT2D eigenvalue weighted by Crippen LogP contribution is -2.34. The first-order chi connectivity index (χ1) is 9.74. The molecule has 1 saturated carbocycles. The number of rotatable bonds is 7. The Balaban J connectivity index is 2.04. The summed E-state index contributed by atoms with van der Waals surface area (Å²) >= 11 is 0. The van der Waals surface area contributed by atoms with Crippen LogP contribution in [0.5, 0.6) is 5.75 Å². The molecule has 0 unspecified atom stereocenters. The maximum Gasteiger partial charge on any atom is 0.165 e. The molecule has 112 valence electrons. The van der Waals surface area contributed by atoms with Crippen molar-refractivity contribution in [1.82, 2.24) is 4.90 Å². The maximum atomic E-state index is 13.8. The highest BCUT2D eigenvalue weighted by Crippen LogP contribution is 2.26. The molecule has 3 nitrogen and oxygen atoms in total. The highest BCUT2D eigenvalue weighted by atomic mass is 19.1. The van der Waals surface area contributed by atoms with Crippen LogP contribution >= 0.6 is 0 Å². The number of halogens is 1. The summed E-state index contributed by atoms with van der Waals surface area (Å²) in [6.07, 6.45) is 6.11. The standard InChI is InChI=1S/C16H25FN2O/c1-20-16-8-7-13(11-15(16)17)12-19(10-4-9-18)14-5-2-3-6-14/h7-8,11,14H,2-6,9-10,12,18H2,1H3. The molecule has 0 amide bonds. The van der Waals surface area contributed by atoms with Crippen LogP contribution in [0.2, 0.25) is 0 Å². The molecule has 0 saturated heterocycles. The van der Waals surface area contributed by atoms with Crippen molar-refractivity contribution in [3.63, 3.8) is 0 Å². The first-order valence-corrected chi connectivity index (χ1v) is 7.51. The summed E-state index contributed by atoms with van der Waals surface area (Å²) in [6, 6.07) is 5.88. The molecule has 20 heavy (non-hydrogen) atoms. The minimum absolute atomic E-state index is 0.282. The number of benzene rings is 1. The average Bonchev–Trinajstić information content (AvgIpc) is 2.97. The van der Waals surface area contributed by atoms with Crippen LogP contribution in [0.15, 0.2) is 18.2 Å². The second kappa shape index (κ2) is 7.60. The third kappa shape index (κ3) is 3.93. The van der Waals surface area contributed by atoms with Gasteiger partial charge in [-0.05, 0) is 50.0 Å². The molecule has 1 aliphatic carbocycles. The zero-order valence-corrected chi connectivity index (χ0v) is 12.3. The Kier molecular flexibility index (Phi) is 5.80. The summed E-state index contributed by atoms with van der Waals surface area (Å²) in [5.41, 5.74) is 6.63. The van der Waals surface area contributed by atoms with Crippen LogP contribution < -0.4 is 10.5 Å². The van der Waals surface area contributed by atoms with E-state index in [4.69, 9.17) is 10.5 Å². The predicted octanol–water partition coefficient (Wildman–Crippen LogP) is 2.93. The maximum absolute atomic E-state index is 13.8. The SMILES string of the molecule is COc1ccc(CN(CCCN)C2CCCC2)cc1F. The van der Waals surface area contributed by atoms with E-state index in [0.717, 1.165) is 25.1 Å². The van der Waals surface area contributed by atoms with Gasteiger partial charge >= 0.3 is 0 Å². The van der Waals surface area contributed by atoms with E-state index in [1.807, 2.05) is 6.07 Å². The fourth-order valence-corrected chi connectivity index (χ4v) is 3.00. The van der Waals surface area contributed by atoms with Gasteiger partial charge in [-0.3, -0.25) is 4.90 Å². The number of hydrogen-bond donors (Lipinski definition) is 1. The molecule has 0 spiro atoms. The van der Waals surface area contributed by atoms with Crippen LogP contribution in [0.1, 0.15) is 37.7 Å². The van der Waals surface area contributed by atoms with Gasteiger partial charge in [-0.15, -0.1) is 0 Å². The first kappa shape index (κ1) is 15.3.